The van der Waals surface area contributed by atoms with Crippen LogP contribution in [0.5, 0.6) is 17.2 Å². The van der Waals surface area contributed by atoms with Crippen LogP contribution in [-0.4, -0.2) is 28.3 Å². The Labute approximate surface area is 208 Å². The summed E-state index contributed by atoms with van der Waals surface area (Å²) in [6, 6.07) is 16.5. The number of benzene rings is 3. The molecule has 0 heterocycles. The highest BCUT2D eigenvalue weighted by atomic mass is 16.6. The van der Waals surface area contributed by atoms with Gasteiger partial charge in [0.25, 0.3) is 0 Å². The molecule has 0 aliphatic carbocycles. The van der Waals surface area contributed by atoms with Gasteiger partial charge in [0, 0.05) is 12.6 Å². The number of carbonyl (C=O) groups excluding carboxylic acids is 1. The van der Waals surface area contributed by atoms with Gasteiger partial charge in [-0.3, -0.25) is 0 Å². The van der Waals surface area contributed by atoms with Crippen LogP contribution in [0.15, 0.2) is 61.2 Å². The number of ether oxygens (including phenoxy) is 1. The molecule has 2 N–H and O–H groups in total. The van der Waals surface area contributed by atoms with E-state index in [2.05, 4.69) is 13.5 Å². The van der Waals surface area contributed by atoms with Crippen molar-refractivity contribution in [3.8, 4) is 28.4 Å². The number of hydrogen-bond donors (Lipinski definition) is 2. The number of amides is 1. The van der Waals surface area contributed by atoms with Crippen molar-refractivity contribution in [1.82, 2.24) is 4.90 Å². The smallest absolute Gasteiger partial charge is 0.415 e. The van der Waals surface area contributed by atoms with E-state index in [9.17, 15) is 15.0 Å². The summed E-state index contributed by atoms with van der Waals surface area (Å²) in [5, 5.41) is 22.6. The minimum Gasteiger partial charge on any atom is -0.507 e. The van der Waals surface area contributed by atoms with E-state index in [0.717, 1.165) is 41.5 Å². The SMILES string of the molecule is C=C(C)c1ccc(C)cc1-c1c(O)cc(CCCCC)c(CN(C)C(=O)Oc2ccccc2)c1O. The van der Waals surface area contributed by atoms with Crippen molar-refractivity contribution in [2.75, 3.05) is 7.05 Å². The van der Waals surface area contributed by atoms with Crippen LogP contribution in [0.2, 0.25) is 0 Å². The molecular formula is C30H35NO4. The van der Waals surface area contributed by atoms with E-state index in [-0.39, 0.29) is 18.0 Å². The van der Waals surface area contributed by atoms with Gasteiger partial charge >= 0.3 is 6.09 Å². The minimum absolute atomic E-state index is 0.0142. The van der Waals surface area contributed by atoms with Gasteiger partial charge in [0.05, 0.1) is 12.1 Å². The Balaban J connectivity index is 2.05. The van der Waals surface area contributed by atoms with Crippen LogP contribution in [0.4, 0.5) is 4.79 Å². The molecule has 0 atom stereocenters. The predicted octanol–water partition coefficient (Wildman–Crippen LogP) is 7.47. The molecule has 1 amide bonds. The Hall–Kier alpha value is -3.73. The second-order valence-corrected chi connectivity index (χ2v) is 9.08. The zero-order chi connectivity index (χ0) is 25.5. The van der Waals surface area contributed by atoms with Crippen LogP contribution >= 0.6 is 0 Å². The maximum absolute atomic E-state index is 12.8. The van der Waals surface area contributed by atoms with Crippen LogP contribution in [0, 0.1) is 6.92 Å². The average Bonchev–Trinajstić information content (AvgIpc) is 2.82. The van der Waals surface area contributed by atoms with Gasteiger partial charge in [-0.2, -0.15) is 0 Å². The summed E-state index contributed by atoms with van der Waals surface area (Å²) >= 11 is 0. The maximum Gasteiger partial charge on any atom is 0.415 e. The number of carbonyl (C=O) groups is 1. The number of aromatic hydroxyl groups is 2. The summed E-state index contributed by atoms with van der Waals surface area (Å²) in [7, 11) is 1.64. The highest BCUT2D eigenvalue weighted by Gasteiger charge is 2.23. The van der Waals surface area contributed by atoms with E-state index in [4.69, 9.17) is 4.74 Å². The molecule has 0 radical (unpaired) electrons. The summed E-state index contributed by atoms with van der Waals surface area (Å²) in [6.45, 7) is 10.2. The Morgan fingerprint density at radius 3 is 2.43 bits per heavy atom. The standard InChI is InChI=1S/C30H35NO4/c1-6-7-9-12-22-18-27(32)28(25-17-21(4)15-16-24(25)20(2)3)29(33)26(22)19-31(5)30(34)35-23-13-10-8-11-14-23/h8,10-11,13-18,32-33H,2,6-7,9,12,19H2,1,3-5H3. The first-order chi connectivity index (χ1) is 16.7. The van der Waals surface area contributed by atoms with Crippen LogP contribution in [-0.2, 0) is 13.0 Å². The van der Waals surface area contributed by atoms with Crippen LogP contribution in [0.3, 0.4) is 0 Å². The van der Waals surface area contributed by atoms with E-state index < -0.39 is 6.09 Å². The number of phenols is 2. The Bertz CT molecular complexity index is 1200. The van der Waals surface area contributed by atoms with E-state index >= 15 is 0 Å². The molecule has 0 fully saturated rings. The lowest BCUT2D eigenvalue weighted by Gasteiger charge is -2.23. The van der Waals surface area contributed by atoms with Gasteiger partial charge in [-0.15, -0.1) is 0 Å². The number of phenolic OH excluding ortho intramolecular Hbond substituents is 2. The largest absolute Gasteiger partial charge is 0.507 e. The highest BCUT2D eigenvalue weighted by Crippen LogP contribution is 2.45. The fourth-order valence-corrected chi connectivity index (χ4v) is 4.19. The number of allylic oxidation sites excluding steroid dienone is 1. The lowest BCUT2D eigenvalue weighted by Crippen LogP contribution is -2.29. The predicted molar refractivity (Wildman–Crippen MR) is 142 cm³/mol. The van der Waals surface area contributed by atoms with Crippen molar-refractivity contribution in [3.63, 3.8) is 0 Å². The lowest BCUT2D eigenvalue weighted by atomic mass is 9.89. The zero-order valence-corrected chi connectivity index (χ0v) is 21.1. The van der Waals surface area contributed by atoms with E-state index in [1.54, 1.807) is 37.4 Å². The maximum atomic E-state index is 12.8. The van der Waals surface area contributed by atoms with Gasteiger partial charge in [0.1, 0.15) is 17.2 Å². The molecule has 5 heteroatoms. The number of para-hydroxylation sites is 1. The molecule has 0 spiro atoms. The number of hydrogen-bond acceptors (Lipinski definition) is 4. The molecule has 0 aliphatic rings. The summed E-state index contributed by atoms with van der Waals surface area (Å²) in [6.07, 6.45) is 3.17. The van der Waals surface area contributed by atoms with Crippen molar-refractivity contribution >= 4 is 11.7 Å². The van der Waals surface area contributed by atoms with Crippen LogP contribution < -0.4 is 4.74 Å². The second kappa shape index (κ2) is 11.6. The third-order valence-corrected chi connectivity index (χ3v) is 6.09. The first-order valence-corrected chi connectivity index (χ1v) is 12.0. The van der Waals surface area contributed by atoms with Crippen molar-refractivity contribution < 1.29 is 19.7 Å². The molecule has 0 unspecified atom stereocenters. The van der Waals surface area contributed by atoms with Crippen LogP contribution in [0.1, 0.15) is 55.4 Å². The van der Waals surface area contributed by atoms with Crippen molar-refractivity contribution in [3.05, 3.63) is 83.4 Å². The third-order valence-electron chi connectivity index (χ3n) is 6.09. The van der Waals surface area contributed by atoms with Crippen LogP contribution in [0.25, 0.3) is 16.7 Å². The second-order valence-electron chi connectivity index (χ2n) is 9.08. The molecule has 3 aromatic rings. The number of unbranched alkanes of at least 4 members (excludes halogenated alkanes) is 2. The fraction of sp³-hybridized carbons (Fsp3) is 0.300. The molecule has 3 rings (SSSR count). The number of rotatable bonds is 9. The van der Waals surface area contributed by atoms with E-state index in [1.165, 1.54) is 4.90 Å². The zero-order valence-electron chi connectivity index (χ0n) is 21.1. The lowest BCUT2D eigenvalue weighted by molar-refractivity contribution is 0.160. The van der Waals surface area contributed by atoms with Gasteiger partial charge < -0.3 is 19.8 Å². The van der Waals surface area contributed by atoms with Crippen molar-refractivity contribution in [2.24, 2.45) is 0 Å². The molecule has 35 heavy (non-hydrogen) atoms. The molecule has 3 aromatic carbocycles. The fourth-order valence-electron chi connectivity index (χ4n) is 4.19. The summed E-state index contributed by atoms with van der Waals surface area (Å²) in [5.41, 5.74) is 5.17. The van der Waals surface area contributed by atoms with Gasteiger partial charge in [0.15, 0.2) is 0 Å². The summed E-state index contributed by atoms with van der Waals surface area (Å²) in [5.74, 6) is 0.443. The number of nitrogens with zero attached hydrogens (tertiary/aromatic N) is 1. The summed E-state index contributed by atoms with van der Waals surface area (Å²) < 4.78 is 5.48. The Morgan fingerprint density at radius 1 is 1.06 bits per heavy atom. The first kappa shape index (κ1) is 25.9. The van der Waals surface area contributed by atoms with Crippen molar-refractivity contribution in [1.29, 1.82) is 0 Å². The molecule has 0 saturated heterocycles. The quantitative estimate of drug-likeness (QED) is 0.316. The van der Waals surface area contributed by atoms with Gasteiger partial charge in [-0.1, -0.05) is 73.9 Å². The average molecular weight is 474 g/mol. The van der Waals surface area contributed by atoms with Gasteiger partial charge in [-0.25, -0.2) is 4.79 Å². The molecule has 0 aliphatic heterocycles. The molecule has 5 nitrogen and oxygen atoms in total. The van der Waals surface area contributed by atoms with E-state index in [0.29, 0.717) is 28.9 Å². The van der Waals surface area contributed by atoms with Crippen molar-refractivity contribution in [2.45, 2.75) is 53.0 Å². The normalized spacial score (nSPS) is 10.7. The van der Waals surface area contributed by atoms with Gasteiger partial charge in [-0.05, 0) is 61.6 Å². The topological polar surface area (TPSA) is 70.0 Å². The Kier molecular flexibility index (Phi) is 8.58. The molecular weight excluding hydrogens is 438 g/mol. The highest BCUT2D eigenvalue weighted by molar-refractivity contribution is 5.87. The molecule has 0 saturated carbocycles. The molecule has 184 valence electrons. The number of aryl methyl sites for hydroxylation is 2. The monoisotopic (exact) mass is 473 g/mol. The molecule has 0 aromatic heterocycles. The minimum atomic E-state index is -0.525. The first-order valence-electron chi connectivity index (χ1n) is 12.0. The van der Waals surface area contributed by atoms with Gasteiger partial charge in [0.2, 0.25) is 0 Å². The summed E-state index contributed by atoms with van der Waals surface area (Å²) in [4.78, 5) is 14.2. The molecule has 0 bridgehead atoms. The van der Waals surface area contributed by atoms with E-state index in [1.807, 2.05) is 38.1 Å². The Morgan fingerprint density at radius 2 is 1.77 bits per heavy atom. The third kappa shape index (κ3) is 6.24.